The number of pyridine rings is 1. The van der Waals surface area contributed by atoms with Crippen molar-refractivity contribution < 1.29 is 9.59 Å². The molecule has 0 radical (unpaired) electrons. The Morgan fingerprint density at radius 3 is 2.52 bits per heavy atom. The van der Waals surface area contributed by atoms with Crippen LogP contribution in [0.3, 0.4) is 0 Å². The van der Waals surface area contributed by atoms with E-state index in [-0.39, 0.29) is 5.78 Å². The van der Waals surface area contributed by atoms with Gasteiger partial charge in [0, 0.05) is 6.20 Å². The topological polar surface area (TPSA) is 86.1 Å². The van der Waals surface area contributed by atoms with Crippen LogP contribution in [0.5, 0.6) is 0 Å². The fraction of sp³-hybridized carbons (Fsp3) is 0.529. The Kier molecular flexibility index (Phi) is 6.24. The largest absolute Gasteiger partial charge is 0.309 e. The van der Waals surface area contributed by atoms with Crippen molar-refractivity contribution in [2.24, 2.45) is 5.92 Å². The molecule has 2 atom stereocenters. The van der Waals surface area contributed by atoms with Crippen LogP contribution in [-0.4, -0.2) is 40.7 Å². The molecule has 0 aliphatic carbocycles. The summed E-state index contributed by atoms with van der Waals surface area (Å²) in [4.78, 5) is 30.9. The summed E-state index contributed by atoms with van der Waals surface area (Å²) in [6.45, 7) is 3.46. The van der Waals surface area contributed by atoms with E-state index < -0.39 is 17.9 Å². The molecule has 0 spiro atoms. The van der Waals surface area contributed by atoms with E-state index >= 15 is 0 Å². The number of hydrogen-bond donors (Lipinski definition) is 1. The van der Waals surface area contributed by atoms with Gasteiger partial charge in [0.1, 0.15) is 5.82 Å². The Morgan fingerprint density at radius 2 is 1.96 bits per heavy atom. The lowest BCUT2D eigenvalue weighted by atomic mass is 9.98. The van der Waals surface area contributed by atoms with Crippen molar-refractivity contribution >= 4 is 17.5 Å². The molecule has 1 aliphatic heterocycles. The molecule has 1 aromatic heterocycles. The van der Waals surface area contributed by atoms with Crippen molar-refractivity contribution in [1.29, 1.82) is 5.26 Å². The third kappa shape index (κ3) is 4.60. The fourth-order valence-corrected chi connectivity index (χ4v) is 2.79. The molecule has 2 rings (SSSR count). The number of hydrogen-bond acceptors (Lipinski definition) is 5. The van der Waals surface area contributed by atoms with Crippen LogP contribution in [0.2, 0.25) is 0 Å². The van der Waals surface area contributed by atoms with Crippen molar-refractivity contribution in [1.82, 2.24) is 9.88 Å². The number of carbonyl (C=O) groups is 2. The normalized spacial score (nSPS) is 18.3. The zero-order chi connectivity index (χ0) is 16.7. The highest BCUT2D eigenvalue weighted by atomic mass is 16.2. The first-order chi connectivity index (χ1) is 11.1. The predicted molar refractivity (Wildman–Crippen MR) is 86.5 cm³/mol. The fourth-order valence-electron chi connectivity index (χ4n) is 2.79. The van der Waals surface area contributed by atoms with Gasteiger partial charge in [0.05, 0.1) is 12.1 Å². The monoisotopic (exact) mass is 314 g/mol. The van der Waals surface area contributed by atoms with Crippen LogP contribution in [-0.2, 0) is 9.59 Å². The number of amides is 1. The van der Waals surface area contributed by atoms with Crippen molar-refractivity contribution in [2.75, 3.05) is 18.4 Å². The minimum Gasteiger partial charge on any atom is -0.309 e. The molecule has 0 unspecified atom stereocenters. The number of rotatable bonds is 5. The summed E-state index contributed by atoms with van der Waals surface area (Å²) < 4.78 is 0. The van der Waals surface area contributed by atoms with Gasteiger partial charge in [-0.25, -0.2) is 4.98 Å². The Hall–Kier alpha value is -2.26. The quantitative estimate of drug-likeness (QED) is 0.840. The lowest BCUT2D eigenvalue weighted by Gasteiger charge is -2.27. The molecule has 1 saturated heterocycles. The van der Waals surface area contributed by atoms with E-state index in [9.17, 15) is 14.9 Å². The maximum Gasteiger partial charge on any atom is 0.250 e. The van der Waals surface area contributed by atoms with Gasteiger partial charge in [0.2, 0.25) is 0 Å². The number of nitrogens with one attached hydrogen (secondary N) is 1. The van der Waals surface area contributed by atoms with E-state index in [2.05, 4.69) is 15.2 Å². The van der Waals surface area contributed by atoms with Crippen LogP contribution in [0.4, 0.5) is 5.82 Å². The maximum absolute atomic E-state index is 12.6. The second-order valence-electron chi connectivity index (χ2n) is 5.79. The first kappa shape index (κ1) is 17.1. The minimum atomic E-state index is -1.31. The molecule has 1 aromatic rings. The minimum absolute atomic E-state index is 0.341. The van der Waals surface area contributed by atoms with Crippen LogP contribution < -0.4 is 5.32 Å². The first-order valence-electron chi connectivity index (χ1n) is 8.03. The molecule has 1 N–H and O–H groups in total. The van der Waals surface area contributed by atoms with Gasteiger partial charge in [-0.15, -0.1) is 0 Å². The molecule has 2 heterocycles. The van der Waals surface area contributed by atoms with E-state index in [1.807, 2.05) is 6.07 Å². The van der Waals surface area contributed by atoms with Gasteiger partial charge < -0.3 is 5.32 Å². The number of nitrogens with zero attached hydrogens (tertiary/aromatic N) is 3. The third-order valence-electron chi connectivity index (χ3n) is 4.19. The second-order valence-corrected chi connectivity index (χ2v) is 5.79. The highest BCUT2D eigenvalue weighted by Crippen LogP contribution is 2.16. The van der Waals surface area contributed by atoms with E-state index in [1.165, 1.54) is 12.8 Å². The smallest absolute Gasteiger partial charge is 0.250 e. The Morgan fingerprint density at radius 1 is 1.26 bits per heavy atom. The zero-order valence-electron chi connectivity index (χ0n) is 13.4. The first-order valence-corrected chi connectivity index (χ1v) is 8.03. The summed E-state index contributed by atoms with van der Waals surface area (Å²) in [6, 6.07) is 6.49. The molecule has 1 aliphatic rings. The summed E-state index contributed by atoms with van der Waals surface area (Å²) in [5.74, 6) is -1.93. The van der Waals surface area contributed by atoms with Crippen LogP contribution in [0.15, 0.2) is 24.4 Å². The summed E-state index contributed by atoms with van der Waals surface area (Å²) in [7, 11) is 0. The summed E-state index contributed by atoms with van der Waals surface area (Å²) in [6.07, 6.45) is 5.97. The lowest BCUT2D eigenvalue weighted by molar-refractivity contribution is -0.132. The van der Waals surface area contributed by atoms with E-state index in [0.717, 1.165) is 25.9 Å². The van der Waals surface area contributed by atoms with Crippen molar-refractivity contribution in [2.45, 2.75) is 38.6 Å². The van der Waals surface area contributed by atoms with Crippen molar-refractivity contribution in [3.05, 3.63) is 24.4 Å². The molecular weight excluding hydrogens is 292 g/mol. The average molecular weight is 314 g/mol. The van der Waals surface area contributed by atoms with Gasteiger partial charge in [-0.05, 0) is 45.0 Å². The van der Waals surface area contributed by atoms with Gasteiger partial charge >= 0.3 is 0 Å². The second kappa shape index (κ2) is 8.39. The third-order valence-corrected chi connectivity index (χ3v) is 4.19. The van der Waals surface area contributed by atoms with E-state index in [4.69, 9.17) is 0 Å². The van der Waals surface area contributed by atoms with Crippen molar-refractivity contribution in [3.63, 3.8) is 0 Å². The van der Waals surface area contributed by atoms with Gasteiger partial charge in [-0.1, -0.05) is 18.9 Å². The number of likely N-dealkylation sites (tertiary alicyclic amines) is 1. The molecular formula is C17H22N4O2. The van der Waals surface area contributed by atoms with E-state index in [0.29, 0.717) is 5.82 Å². The number of aromatic nitrogens is 1. The molecule has 1 amide bonds. The summed E-state index contributed by atoms with van der Waals surface area (Å²) >= 11 is 0. The summed E-state index contributed by atoms with van der Waals surface area (Å²) in [5.41, 5.74) is 0. The van der Waals surface area contributed by atoms with Crippen LogP contribution in [0.25, 0.3) is 0 Å². The Balaban J connectivity index is 2.02. The summed E-state index contributed by atoms with van der Waals surface area (Å²) in [5, 5.41) is 11.8. The predicted octanol–water partition coefficient (Wildman–Crippen LogP) is 1.99. The molecule has 0 saturated carbocycles. The molecule has 122 valence electrons. The number of Topliss-reactive ketones (excluding diaryl/α,β-unsaturated/α-hetero) is 1. The SMILES string of the molecule is C[C@H](C(=O)[C@@H](C#N)C(=O)Nc1ccccn1)N1CCCCCC1. The number of nitriles is 1. The maximum atomic E-state index is 12.6. The van der Waals surface area contributed by atoms with Gasteiger partial charge in [-0.2, -0.15) is 5.26 Å². The molecule has 0 bridgehead atoms. The number of anilines is 1. The average Bonchev–Trinajstić information content (AvgIpc) is 2.85. The van der Waals surface area contributed by atoms with Crippen LogP contribution >= 0.6 is 0 Å². The van der Waals surface area contributed by atoms with Gasteiger partial charge in [0.25, 0.3) is 5.91 Å². The molecule has 6 heteroatoms. The highest BCUT2D eigenvalue weighted by Gasteiger charge is 2.33. The highest BCUT2D eigenvalue weighted by molar-refractivity contribution is 6.10. The number of ketones is 1. The Labute approximate surface area is 136 Å². The standard InChI is InChI=1S/C17H22N4O2/c1-13(21-10-6-2-3-7-11-21)16(22)14(12-18)17(23)20-15-8-4-5-9-19-15/h4-5,8-9,13-14H,2-3,6-7,10-11H2,1H3,(H,19,20,23)/t13-,14-/m1/s1. The molecule has 23 heavy (non-hydrogen) atoms. The van der Waals surface area contributed by atoms with Gasteiger partial charge in [0.15, 0.2) is 11.7 Å². The molecule has 1 fully saturated rings. The van der Waals surface area contributed by atoms with Crippen LogP contribution in [0.1, 0.15) is 32.6 Å². The lowest BCUT2D eigenvalue weighted by Crippen LogP contribution is -2.45. The number of carbonyl (C=O) groups excluding carboxylic acids is 2. The van der Waals surface area contributed by atoms with E-state index in [1.54, 1.807) is 31.3 Å². The zero-order valence-corrected chi connectivity index (χ0v) is 13.4. The molecule has 6 nitrogen and oxygen atoms in total. The molecule has 0 aromatic carbocycles. The Bertz CT molecular complexity index is 574. The van der Waals surface area contributed by atoms with Gasteiger partial charge in [-0.3, -0.25) is 14.5 Å². The van der Waals surface area contributed by atoms with Crippen LogP contribution in [0, 0.1) is 17.2 Å². The van der Waals surface area contributed by atoms with Crippen molar-refractivity contribution in [3.8, 4) is 6.07 Å².